The molecule has 0 aromatic heterocycles. The van der Waals surface area contributed by atoms with E-state index in [0.29, 0.717) is 49.3 Å². The number of halogens is 1. The summed E-state index contributed by atoms with van der Waals surface area (Å²) < 4.78 is 19.4. The molecule has 1 aromatic carbocycles. The van der Waals surface area contributed by atoms with E-state index in [2.05, 4.69) is 0 Å². The topological polar surface area (TPSA) is 49.8 Å². The number of aliphatic hydroxyl groups is 1. The van der Waals surface area contributed by atoms with Crippen LogP contribution in [0.5, 0.6) is 0 Å². The van der Waals surface area contributed by atoms with Crippen LogP contribution in [-0.4, -0.2) is 48.3 Å². The monoisotopic (exact) mass is 373 g/mol. The number of β-amino-alcohol motifs (C(OH)–C–C–N with tert-alkyl or cyclic N) is 1. The molecular formula is C22H28FNO3. The van der Waals surface area contributed by atoms with Gasteiger partial charge in [0.2, 0.25) is 5.91 Å². The molecule has 4 bridgehead atoms. The Morgan fingerprint density at radius 1 is 1.15 bits per heavy atom. The second-order valence-corrected chi connectivity index (χ2v) is 9.23. The maximum absolute atomic E-state index is 13.6. The molecule has 1 saturated heterocycles. The first-order valence-corrected chi connectivity index (χ1v) is 10.3. The third-order valence-corrected chi connectivity index (χ3v) is 8.05. The lowest BCUT2D eigenvalue weighted by molar-refractivity contribution is -0.163. The second kappa shape index (κ2) is 6.28. The van der Waals surface area contributed by atoms with Crippen LogP contribution in [0.25, 0.3) is 0 Å². The van der Waals surface area contributed by atoms with Crippen LogP contribution < -0.4 is 0 Å². The molecule has 4 saturated carbocycles. The fraction of sp³-hybridized carbons (Fsp3) is 0.682. The molecule has 1 aliphatic heterocycles. The average molecular weight is 373 g/mol. The number of likely N-dealkylation sites (tertiary alicyclic amines) is 1. The summed E-state index contributed by atoms with van der Waals surface area (Å²) in [5, 5.41) is 9.59. The van der Waals surface area contributed by atoms with Gasteiger partial charge in [-0.2, -0.15) is 0 Å². The summed E-state index contributed by atoms with van der Waals surface area (Å²) in [7, 11) is 1.83. The number of rotatable bonds is 4. The predicted molar refractivity (Wildman–Crippen MR) is 98.5 cm³/mol. The van der Waals surface area contributed by atoms with Crippen molar-refractivity contribution in [3.8, 4) is 0 Å². The van der Waals surface area contributed by atoms with Crippen molar-refractivity contribution in [2.75, 3.05) is 20.2 Å². The number of carbonyl (C=O) groups excluding carboxylic acids is 1. The van der Waals surface area contributed by atoms with Crippen LogP contribution in [0, 0.1) is 29.5 Å². The molecule has 1 heterocycles. The van der Waals surface area contributed by atoms with E-state index in [9.17, 15) is 14.3 Å². The molecule has 0 unspecified atom stereocenters. The van der Waals surface area contributed by atoms with Gasteiger partial charge in [0.05, 0.1) is 12.2 Å². The molecule has 0 atom stereocenters. The Bertz CT molecular complexity index is 698. The molecular weight excluding hydrogens is 345 g/mol. The minimum Gasteiger partial charge on any atom is -0.389 e. The van der Waals surface area contributed by atoms with E-state index < -0.39 is 0 Å². The van der Waals surface area contributed by atoms with Crippen LogP contribution in [0.15, 0.2) is 24.3 Å². The molecule has 5 aliphatic rings. The fourth-order valence-corrected chi connectivity index (χ4v) is 6.97. The van der Waals surface area contributed by atoms with Gasteiger partial charge in [-0.3, -0.25) is 4.79 Å². The molecule has 1 N–H and O–H groups in total. The summed E-state index contributed by atoms with van der Waals surface area (Å²) in [4.78, 5) is 14.8. The minimum absolute atomic E-state index is 0.139. The van der Waals surface area contributed by atoms with Gasteiger partial charge in [0.15, 0.2) is 0 Å². The van der Waals surface area contributed by atoms with E-state index >= 15 is 0 Å². The van der Waals surface area contributed by atoms with Gasteiger partial charge in [-0.05, 0) is 67.1 Å². The van der Waals surface area contributed by atoms with E-state index in [4.69, 9.17) is 4.74 Å². The van der Waals surface area contributed by atoms with Crippen molar-refractivity contribution in [2.24, 2.45) is 23.7 Å². The van der Waals surface area contributed by atoms with Gasteiger partial charge in [0.25, 0.3) is 0 Å². The number of methoxy groups -OCH3 is 1. The molecule has 1 aromatic rings. The highest BCUT2D eigenvalue weighted by Crippen LogP contribution is 2.64. The summed E-state index contributed by atoms with van der Waals surface area (Å²) in [6.07, 6.45) is 4.86. The quantitative estimate of drug-likeness (QED) is 0.883. The zero-order valence-electron chi connectivity index (χ0n) is 15.8. The number of ether oxygens (including phenoxy) is 1. The number of nitrogens with zero attached hydrogens (tertiary/aromatic N) is 1. The molecule has 5 fully saturated rings. The van der Waals surface area contributed by atoms with Gasteiger partial charge in [-0.1, -0.05) is 12.1 Å². The zero-order chi connectivity index (χ0) is 18.8. The molecule has 146 valence electrons. The van der Waals surface area contributed by atoms with Crippen molar-refractivity contribution in [1.29, 1.82) is 0 Å². The summed E-state index contributed by atoms with van der Waals surface area (Å²) in [6.45, 7) is 0.898. The fourth-order valence-electron chi connectivity index (χ4n) is 6.97. The van der Waals surface area contributed by atoms with Crippen LogP contribution in [0.1, 0.15) is 37.7 Å². The molecule has 4 nitrogen and oxygen atoms in total. The number of aliphatic hydroxyl groups excluding tert-OH is 1. The summed E-state index contributed by atoms with van der Waals surface area (Å²) in [6, 6.07) is 6.89. The van der Waals surface area contributed by atoms with E-state index in [1.807, 2.05) is 19.2 Å². The third-order valence-electron chi connectivity index (χ3n) is 8.05. The van der Waals surface area contributed by atoms with Crippen molar-refractivity contribution in [1.82, 2.24) is 4.90 Å². The van der Waals surface area contributed by atoms with Crippen LogP contribution in [0.3, 0.4) is 0 Å². The number of benzene rings is 1. The van der Waals surface area contributed by atoms with Gasteiger partial charge in [0.1, 0.15) is 5.82 Å². The Labute approximate surface area is 159 Å². The highest BCUT2D eigenvalue weighted by molar-refractivity contribution is 5.79. The first-order valence-electron chi connectivity index (χ1n) is 10.3. The lowest BCUT2D eigenvalue weighted by atomic mass is 9.42. The second-order valence-electron chi connectivity index (χ2n) is 9.23. The average Bonchev–Trinajstić information content (AvgIpc) is 2.62. The third kappa shape index (κ3) is 2.58. The highest BCUT2D eigenvalue weighted by Gasteiger charge is 2.61. The first-order chi connectivity index (χ1) is 13.0. The number of hydrogen-bond acceptors (Lipinski definition) is 3. The largest absolute Gasteiger partial charge is 0.389 e. The highest BCUT2D eigenvalue weighted by atomic mass is 19.1. The van der Waals surface area contributed by atoms with Crippen LogP contribution in [0.4, 0.5) is 4.39 Å². The van der Waals surface area contributed by atoms with E-state index in [1.54, 1.807) is 4.90 Å². The number of hydrogen-bond donors (Lipinski definition) is 1. The Hall–Kier alpha value is -1.46. The summed E-state index contributed by atoms with van der Waals surface area (Å²) in [5.74, 6) is 1.99. The number of carbonyl (C=O) groups is 1. The first kappa shape index (κ1) is 17.6. The van der Waals surface area contributed by atoms with Crippen molar-refractivity contribution in [3.05, 3.63) is 35.6 Å². The number of amides is 1. The smallest absolute Gasteiger partial charge is 0.223 e. The molecule has 6 rings (SSSR count). The Morgan fingerprint density at radius 3 is 2.19 bits per heavy atom. The Balaban J connectivity index is 1.50. The standard InChI is InChI=1S/C22H28FNO3/c1-27-21-13-6-16-8-14(21)9-17(7-13)22(16,15-2-4-18(23)5-3-15)10-20(26)24-11-19(25)12-24/h2-5,13-14,16-17,19,21,25H,6-12H2,1H3. The summed E-state index contributed by atoms with van der Waals surface area (Å²) in [5.41, 5.74) is 0.929. The predicted octanol–water partition coefficient (Wildman–Crippen LogP) is 2.74. The van der Waals surface area contributed by atoms with Gasteiger partial charge >= 0.3 is 0 Å². The summed E-state index contributed by atoms with van der Waals surface area (Å²) >= 11 is 0. The minimum atomic E-state index is -0.378. The molecule has 27 heavy (non-hydrogen) atoms. The molecule has 0 spiro atoms. The van der Waals surface area contributed by atoms with E-state index in [-0.39, 0.29) is 23.2 Å². The van der Waals surface area contributed by atoms with Gasteiger partial charge in [-0.15, -0.1) is 0 Å². The zero-order valence-corrected chi connectivity index (χ0v) is 15.8. The maximum atomic E-state index is 13.6. The van der Waals surface area contributed by atoms with Gasteiger partial charge < -0.3 is 14.7 Å². The Morgan fingerprint density at radius 2 is 1.70 bits per heavy atom. The lowest BCUT2D eigenvalue weighted by Gasteiger charge is -2.63. The maximum Gasteiger partial charge on any atom is 0.223 e. The molecule has 5 heteroatoms. The van der Waals surface area contributed by atoms with Crippen LogP contribution in [-0.2, 0) is 14.9 Å². The van der Waals surface area contributed by atoms with Crippen molar-refractivity contribution in [3.63, 3.8) is 0 Å². The van der Waals surface area contributed by atoms with Crippen molar-refractivity contribution in [2.45, 2.75) is 49.7 Å². The van der Waals surface area contributed by atoms with Crippen LogP contribution in [0.2, 0.25) is 0 Å². The van der Waals surface area contributed by atoms with E-state index in [0.717, 1.165) is 31.2 Å². The van der Waals surface area contributed by atoms with Crippen molar-refractivity contribution >= 4 is 5.91 Å². The van der Waals surface area contributed by atoms with E-state index in [1.165, 1.54) is 12.1 Å². The SMILES string of the molecule is COC1C2CC3CC1CC(C2)C3(CC(=O)N1CC(O)C1)c1ccc(F)cc1. The molecule has 1 amide bonds. The van der Waals surface area contributed by atoms with Crippen LogP contribution >= 0.6 is 0 Å². The van der Waals surface area contributed by atoms with Gasteiger partial charge in [0, 0.05) is 32.0 Å². The van der Waals surface area contributed by atoms with Crippen molar-refractivity contribution < 1.29 is 19.0 Å². The lowest BCUT2D eigenvalue weighted by Crippen LogP contribution is -2.62. The normalized spacial score (nSPS) is 40.3. The van der Waals surface area contributed by atoms with Gasteiger partial charge in [-0.25, -0.2) is 4.39 Å². The Kier molecular flexibility index (Phi) is 4.10. The molecule has 4 aliphatic carbocycles. The molecule has 0 radical (unpaired) electrons.